The second-order valence-electron chi connectivity index (χ2n) is 5.12. The van der Waals surface area contributed by atoms with Gasteiger partial charge in [-0.3, -0.25) is 13.6 Å². The standard InChI is InChI=1S/C8H19O15P3/c9-3-5-7(22-25(14,15)16)8(23-26(17,18)19)6(10)4(21-5)1-2-20-24(11,12)13/h4-10H,1-3H2,(H2,11,12,13)(H2,14,15,16)(H2,17,18,19)/t4-,5-,6+,7-,8-/m1/s1. The Bertz CT molecular complexity index is 592. The predicted molar refractivity (Wildman–Crippen MR) is 78.2 cm³/mol. The van der Waals surface area contributed by atoms with E-state index in [0.717, 1.165) is 0 Å². The first-order chi connectivity index (χ1) is 11.6. The van der Waals surface area contributed by atoms with Crippen LogP contribution in [0.3, 0.4) is 0 Å². The Balaban J connectivity index is 3.02. The molecule has 1 heterocycles. The monoisotopic (exact) mass is 448 g/mol. The zero-order valence-corrected chi connectivity index (χ0v) is 15.5. The van der Waals surface area contributed by atoms with Crippen LogP contribution in [0.15, 0.2) is 0 Å². The van der Waals surface area contributed by atoms with Gasteiger partial charge in [-0.1, -0.05) is 0 Å². The predicted octanol–water partition coefficient (Wildman–Crippen LogP) is -2.44. The van der Waals surface area contributed by atoms with E-state index in [1.165, 1.54) is 0 Å². The zero-order chi connectivity index (χ0) is 20.3. The van der Waals surface area contributed by atoms with Gasteiger partial charge in [0.15, 0.2) is 0 Å². The summed E-state index contributed by atoms with van der Waals surface area (Å²) in [5, 5.41) is 19.4. The maximum atomic E-state index is 11.1. The summed E-state index contributed by atoms with van der Waals surface area (Å²) in [5.41, 5.74) is 0. The molecule has 1 saturated heterocycles. The van der Waals surface area contributed by atoms with Crippen molar-refractivity contribution in [2.45, 2.75) is 36.9 Å². The van der Waals surface area contributed by atoms with Gasteiger partial charge in [0.05, 0.1) is 19.3 Å². The van der Waals surface area contributed by atoms with Gasteiger partial charge in [-0.2, -0.15) is 0 Å². The number of aliphatic hydroxyl groups is 2. The Morgan fingerprint density at radius 1 is 0.808 bits per heavy atom. The van der Waals surface area contributed by atoms with E-state index in [1.807, 2.05) is 0 Å². The first-order valence-electron chi connectivity index (χ1n) is 6.75. The molecule has 1 aliphatic rings. The Labute approximate surface area is 146 Å². The molecule has 15 nitrogen and oxygen atoms in total. The van der Waals surface area contributed by atoms with Gasteiger partial charge in [0.2, 0.25) is 0 Å². The molecule has 0 aromatic carbocycles. The molecule has 8 N–H and O–H groups in total. The van der Waals surface area contributed by atoms with Crippen molar-refractivity contribution in [3.05, 3.63) is 0 Å². The van der Waals surface area contributed by atoms with Gasteiger partial charge in [-0.25, -0.2) is 13.7 Å². The summed E-state index contributed by atoms with van der Waals surface area (Å²) < 4.78 is 50.7. The third-order valence-electron chi connectivity index (χ3n) is 3.12. The molecule has 0 aromatic heterocycles. The fraction of sp³-hybridized carbons (Fsp3) is 1.00. The van der Waals surface area contributed by atoms with E-state index in [9.17, 15) is 23.9 Å². The third-order valence-corrected chi connectivity index (χ3v) is 4.67. The van der Waals surface area contributed by atoms with Gasteiger partial charge < -0.3 is 44.3 Å². The second kappa shape index (κ2) is 9.14. The Hall–Kier alpha value is 0.210. The van der Waals surface area contributed by atoms with E-state index in [4.69, 9.17) is 34.1 Å². The van der Waals surface area contributed by atoms with E-state index in [0.29, 0.717) is 0 Å². The molecule has 156 valence electrons. The summed E-state index contributed by atoms with van der Waals surface area (Å²) in [6.45, 7) is -1.61. The van der Waals surface area contributed by atoms with Crippen molar-refractivity contribution in [1.29, 1.82) is 0 Å². The zero-order valence-electron chi connectivity index (χ0n) is 12.8. The lowest BCUT2D eigenvalue weighted by Gasteiger charge is -2.43. The van der Waals surface area contributed by atoms with Crippen LogP contribution in [0.2, 0.25) is 0 Å². The van der Waals surface area contributed by atoms with Crippen molar-refractivity contribution in [2.75, 3.05) is 13.2 Å². The van der Waals surface area contributed by atoms with Gasteiger partial charge in [0.1, 0.15) is 24.4 Å². The number of rotatable bonds is 9. The molecule has 0 radical (unpaired) electrons. The summed E-state index contributed by atoms with van der Waals surface area (Å²) in [7, 11) is -15.4. The van der Waals surface area contributed by atoms with E-state index >= 15 is 0 Å². The van der Waals surface area contributed by atoms with Crippen LogP contribution in [-0.4, -0.2) is 83.3 Å². The quantitative estimate of drug-likeness (QED) is 0.171. The normalized spacial score (nSPS) is 31.2. The molecule has 0 amide bonds. The summed E-state index contributed by atoms with van der Waals surface area (Å²) in [5.74, 6) is 0. The van der Waals surface area contributed by atoms with Crippen LogP contribution in [-0.2, 0) is 32.0 Å². The van der Waals surface area contributed by atoms with Gasteiger partial charge in [-0.05, 0) is 0 Å². The van der Waals surface area contributed by atoms with E-state index in [-0.39, 0.29) is 0 Å². The average Bonchev–Trinajstić information content (AvgIpc) is 2.41. The minimum absolute atomic E-state index is 0.424. The highest BCUT2D eigenvalue weighted by Gasteiger charge is 2.50. The minimum Gasteiger partial charge on any atom is -0.394 e. The molecule has 0 bridgehead atoms. The second-order valence-corrected chi connectivity index (χ2v) is 8.74. The molecule has 1 aliphatic heterocycles. The number of hydrogen-bond donors (Lipinski definition) is 8. The number of aliphatic hydroxyl groups excluding tert-OH is 2. The summed E-state index contributed by atoms with van der Waals surface area (Å²) in [6, 6.07) is 0. The molecule has 0 aliphatic carbocycles. The van der Waals surface area contributed by atoms with E-state index in [2.05, 4.69) is 13.6 Å². The van der Waals surface area contributed by atoms with Crippen LogP contribution in [0.1, 0.15) is 6.42 Å². The van der Waals surface area contributed by atoms with Crippen LogP contribution in [0, 0.1) is 0 Å². The van der Waals surface area contributed by atoms with Crippen LogP contribution >= 0.6 is 23.5 Å². The van der Waals surface area contributed by atoms with E-state index in [1.54, 1.807) is 0 Å². The number of ether oxygens (including phenoxy) is 1. The van der Waals surface area contributed by atoms with Crippen LogP contribution in [0.4, 0.5) is 0 Å². The summed E-state index contributed by atoms with van der Waals surface area (Å²) >= 11 is 0. The maximum absolute atomic E-state index is 11.1. The van der Waals surface area contributed by atoms with Crippen LogP contribution < -0.4 is 0 Å². The van der Waals surface area contributed by atoms with Gasteiger partial charge in [0, 0.05) is 6.42 Å². The first-order valence-corrected chi connectivity index (χ1v) is 11.3. The number of phosphoric acid groups is 3. The maximum Gasteiger partial charge on any atom is 0.470 e. The topological polar surface area (TPSA) is 250 Å². The van der Waals surface area contributed by atoms with Crippen molar-refractivity contribution in [2.24, 2.45) is 0 Å². The third kappa shape index (κ3) is 8.48. The lowest BCUT2D eigenvalue weighted by Crippen LogP contribution is -2.59. The van der Waals surface area contributed by atoms with E-state index < -0.39 is 73.6 Å². The van der Waals surface area contributed by atoms with Crippen molar-refractivity contribution in [3.63, 3.8) is 0 Å². The minimum atomic E-state index is -5.28. The highest BCUT2D eigenvalue weighted by Crippen LogP contribution is 2.47. The Kier molecular flexibility index (Phi) is 8.52. The van der Waals surface area contributed by atoms with Gasteiger partial charge >= 0.3 is 23.5 Å². The molecular formula is C8H19O15P3. The fourth-order valence-corrected chi connectivity index (χ4v) is 3.72. The van der Waals surface area contributed by atoms with Gasteiger partial charge in [-0.15, -0.1) is 0 Å². The molecule has 0 saturated carbocycles. The molecule has 0 aromatic rings. The average molecular weight is 448 g/mol. The lowest BCUT2D eigenvalue weighted by molar-refractivity contribution is -0.223. The van der Waals surface area contributed by atoms with Crippen molar-refractivity contribution in [3.8, 4) is 0 Å². The molecule has 18 heteroatoms. The Morgan fingerprint density at radius 2 is 1.31 bits per heavy atom. The largest absolute Gasteiger partial charge is 0.470 e. The molecule has 26 heavy (non-hydrogen) atoms. The van der Waals surface area contributed by atoms with Crippen molar-refractivity contribution >= 4 is 23.5 Å². The molecule has 5 atom stereocenters. The highest BCUT2D eigenvalue weighted by molar-refractivity contribution is 7.46. The molecule has 0 spiro atoms. The first kappa shape index (κ1) is 24.2. The fourth-order valence-electron chi connectivity index (χ4n) is 2.24. The van der Waals surface area contributed by atoms with Crippen molar-refractivity contribution < 1.29 is 71.6 Å². The SMILES string of the molecule is O=P(O)(O)OCC[C@H]1O[C@H](CO)[C@@H](OP(=O)(O)O)[C@H](OP(=O)(O)O)[C@H]1O. The molecular weight excluding hydrogens is 429 g/mol. The van der Waals surface area contributed by atoms with Crippen LogP contribution in [0.25, 0.3) is 0 Å². The molecule has 1 fully saturated rings. The molecule has 0 unspecified atom stereocenters. The number of hydrogen-bond acceptors (Lipinski definition) is 9. The highest BCUT2D eigenvalue weighted by atomic mass is 31.2. The lowest BCUT2D eigenvalue weighted by atomic mass is 9.94. The van der Waals surface area contributed by atoms with Crippen LogP contribution in [0.5, 0.6) is 0 Å². The van der Waals surface area contributed by atoms with Crippen molar-refractivity contribution in [1.82, 2.24) is 0 Å². The summed E-state index contributed by atoms with van der Waals surface area (Å²) in [6.07, 6.45) is -9.42. The summed E-state index contributed by atoms with van der Waals surface area (Å²) in [4.78, 5) is 52.8. The van der Waals surface area contributed by atoms with Gasteiger partial charge in [0.25, 0.3) is 0 Å². The molecule has 1 rings (SSSR count). The smallest absolute Gasteiger partial charge is 0.394 e. The Morgan fingerprint density at radius 3 is 1.73 bits per heavy atom. The number of phosphoric ester groups is 3.